The number of nitrogens with one attached hydrogen (secondary N) is 1. The quantitative estimate of drug-likeness (QED) is 0.891. The fourth-order valence-corrected chi connectivity index (χ4v) is 3.18. The van der Waals surface area contributed by atoms with Crippen molar-refractivity contribution in [2.75, 3.05) is 6.54 Å². The smallest absolute Gasteiger partial charge is 0.0309 e. The molecule has 0 amide bonds. The van der Waals surface area contributed by atoms with E-state index >= 15 is 0 Å². The van der Waals surface area contributed by atoms with E-state index < -0.39 is 0 Å². The highest BCUT2D eigenvalue weighted by Gasteiger charge is 2.17. The Morgan fingerprint density at radius 2 is 1.95 bits per heavy atom. The van der Waals surface area contributed by atoms with Gasteiger partial charge in [-0.2, -0.15) is 0 Å². The molecule has 0 saturated carbocycles. The summed E-state index contributed by atoms with van der Waals surface area (Å²) in [6.07, 6.45) is 4.94. The molecule has 2 unspecified atom stereocenters. The predicted molar refractivity (Wildman–Crippen MR) is 85.9 cm³/mol. The fraction of sp³-hybridized carbons (Fsp3) is 0.444. The zero-order chi connectivity index (χ0) is 13.9. The maximum absolute atomic E-state index is 6.41. The molecule has 3 N–H and O–H groups in total. The summed E-state index contributed by atoms with van der Waals surface area (Å²) in [6, 6.07) is 14.0. The van der Waals surface area contributed by atoms with Gasteiger partial charge in [-0.15, -0.1) is 0 Å². The van der Waals surface area contributed by atoms with Gasteiger partial charge in [-0.05, 0) is 55.1 Å². The van der Waals surface area contributed by atoms with Crippen LogP contribution in [0.1, 0.15) is 42.9 Å². The van der Waals surface area contributed by atoms with Crippen molar-refractivity contribution in [1.29, 1.82) is 0 Å². The minimum absolute atomic E-state index is 0.135. The molecule has 1 aliphatic heterocycles. The van der Waals surface area contributed by atoms with Crippen LogP contribution in [0.15, 0.2) is 36.4 Å². The Hall–Kier alpha value is -1.38. The maximum Gasteiger partial charge on any atom is 0.0309 e. The molecule has 0 spiro atoms. The third-order valence-electron chi connectivity index (χ3n) is 4.40. The van der Waals surface area contributed by atoms with Gasteiger partial charge in [0.05, 0.1) is 0 Å². The normalized spacial score (nSPS) is 21.0. The summed E-state index contributed by atoms with van der Waals surface area (Å²) in [6.45, 7) is 3.28. The number of aryl methyl sites for hydroxylation is 1. The molecule has 1 heterocycles. The van der Waals surface area contributed by atoms with E-state index in [1.165, 1.54) is 41.2 Å². The van der Waals surface area contributed by atoms with Crippen LogP contribution in [0.3, 0.4) is 0 Å². The number of rotatable bonds is 3. The molecule has 0 aromatic heterocycles. The molecule has 0 radical (unpaired) electrons. The molecule has 2 aromatic carbocycles. The van der Waals surface area contributed by atoms with E-state index in [2.05, 4.69) is 48.6 Å². The van der Waals surface area contributed by atoms with E-state index in [0.717, 1.165) is 13.0 Å². The molecule has 2 nitrogen and oxygen atoms in total. The Kier molecular flexibility index (Phi) is 4.04. The number of piperidine rings is 1. The molecule has 20 heavy (non-hydrogen) atoms. The van der Waals surface area contributed by atoms with Gasteiger partial charge < -0.3 is 11.1 Å². The number of nitrogens with two attached hydrogens (primary N) is 1. The average Bonchev–Trinajstić information content (AvgIpc) is 2.47. The van der Waals surface area contributed by atoms with Crippen molar-refractivity contribution in [2.24, 2.45) is 5.73 Å². The molecule has 1 fully saturated rings. The number of hydrogen-bond donors (Lipinski definition) is 2. The van der Waals surface area contributed by atoms with Gasteiger partial charge in [0.25, 0.3) is 0 Å². The first-order valence-electron chi connectivity index (χ1n) is 7.72. The van der Waals surface area contributed by atoms with Gasteiger partial charge in [0.1, 0.15) is 0 Å². The van der Waals surface area contributed by atoms with Crippen LogP contribution in [0.2, 0.25) is 0 Å². The molecule has 1 saturated heterocycles. The minimum Gasteiger partial charge on any atom is -0.324 e. The van der Waals surface area contributed by atoms with Gasteiger partial charge in [-0.3, -0.25) is 0 Å². The molecule has 2 aromatic rings. The molecule has 1 aliphatic rings. The van der Waals surface area contributed by atoms with E-state index in [4.69, 9.17) is 5.73 Å². The molecule has 106 valence electrons. The number of hydrogen-bond acceptors (Lipinski definition) is 2. The standard InChI is InChI=1S/C18H24N2/c1-13-5-6-15-11-16(8-7-14(15)10-13)18(19)12-17-4-2-3-9-20-17/h5-8,10-11,17-18,20H,2-4,9,12,19H2,1H3. The summed E-state index contributed by atoms with van der Waals surface area (Å²) in [5, 5.41) is 6.18. The topological polar surface area (TPSA) is 38.0 Å². The Balaban J connectivity index is 1.76. The van der Waals surface area contributed by atoms with Crippen LogP contribution >= 0.6 is 0 Å². The molecule has 2 atom stereocenters. The monoisotopic (exact) mass is 268 g/mol. The van der Waals surface area contributed by atoms with Gasteiger partial charge in [-0.1, -0.05) is 42.3 Å². The predicted octanol–water partition coefficient (Wildman–Crippen LogP) is 3.68. The SMILES string of the molecule is Cc1ccc2cc(C(N)CC3CCCCN3)ccc2c1. The molecule has 0 aliphatic carbocycles. The highest BCUT2D eigenvalue weighted by Crippen LogP contribution is 2.24. The van der Waals surface area contributed by atoms with Crippen molar-refractivity contribution in [3.63, 3.8) is 0 Å². The first kappa shape index (κ1) is 13.6. The second-order valence-corrected chi connectivity index (χ2v) is 6.10. The third-order valence-corrected chi connectivity index (χ3v) is 4.40. The fourth-order valence-electron chi connectivity index (χ4n) is 3.18. The van der Waals surface area contributed by atoms with E-state index in [9.17, 15) is 0 Å². The lowest BCUT2D eigenvalue weighted by molar-refractivity contribution is 0.362. The number of benzene rings is 2. The minimum atomic E-state index is 0.135. The summed E-state index contributed by atoms with van der Waals surface area (Å²) >= 11 is 0. The second kappa shape index (κ2) is 5.94. The van der Waals surface area contributed by atoms with Crippen molar-refractivity contribution < 1.29 is 0 Å². The van der Waals surface area contributed by atoms with Crippen LogP contribution in [0.25, 0.3) is 10.8 Å². The van der Waals surface area contributed by atoms with Crippen molar-refractivity contribution in [2.45, 2.75) is 44.7 Å². The maximum atomic E-state index is 6.41. The first-order chi connectivity index (χ1) is 9.72. The van der Waals surface area contributed by atoms with Gasteiger partial charge in [-0.25, -0.2) is 0 Å². The Labute approximate surface area is 121 Å². The van der Waals surface area contributed by atoms with Crippen LogP contribution in [0.5, 0.6) is 0 Å². The van der Waals surface area contributed by atoms with Crippen molar-refractivity contribution in [3.8, 4) is 0 Å². The van der Waals surface area contributed by atoms with Gasteiger partial charge >= 0.3 is 0 Å². The Bertz CT molecular complexity index is 585. The van der Waals surface area contributed by atoms with E-state index in [1.807, 2.05) is 0 Å². The van der Waals surface area contributed by atoms with E-state index in [-0.39, 0.29) is 6.04 Å². The van der Waals surface area contributed by atoms with Crippen molar-refractivity contribution >= 4 is 10.8 Å². The van der Waals surface area contributed by atoms with Gasteiger partial charge in [0.15, 0.2) is 0 Å². The van der Waals surface area contributed by atoms with Crippen LogP contribution in [-0.2, 0) is 0 Å². The van der Waals surface area contributed by atoms with Crippen LogP contribution in [0, 0.1) is 6.92 Å². The van der Waals surface area contributed by atoms with E-state index in [1.54, 1.807) is 0 Å². The zero-order valence-corrected chi connectivity index (χ0v) is 12.2. The summed E-state index contributed by atoms with van der Waals surface area (Å²) in [5.41, 5.74) is 8.97. The lowest BCUT2D eigenvalue weighted by Crippen LogP contribution is -2.36. The zero-order valence-electron chi connectivity index (χ0n) is 12.2. The summed E-state index contributed by atoms with van der Waals surface area (Å²) in [7, 11) is 0. The van der Waals surface area contributed by atoms with Crippen LogP contribution < -0.4 is 11.1 Å². The lowest BCUT2D eigenvalue weighted by atomic mass is 9.93. The number of fused-ring (bicyclic) bond motifs is 1. The van der Waals surface area contributed by atoms with Crippen LogP contribution in [0.4, 0.5) is 0 Å². The molecule has 3 rings (SSSR count). The van der Waals surface area contributed by atoms with Gasteiger partial charge in [0.2, 0.25) is 0 Å². The molecule has 2 heteroatoms. The van der Waals surface area contributed by atoms with Crippen molar-refractivity contribution in [1.82, 2.24) is 5.32 Å². The van der Waals surface area contributed by atoms with Crippen LogP contribution in [-0.4, -0.2) is 12.6 Å². The third kappa shape index (κ3) is 3.02. The summed E-state index contributed by atoms with van der Waals surface area (Å²) < 4.78 is 0. The molecule has 0 bridgehead atoms. The highest BCUT2D eigenvalue weighted by atomic mass is 14.9. The van der Waals surface area contributed by atoms with Gasteiger partial charge in [0, 0.05) is 12.1 Å². The summed E-state index contributed by atoms with van der Waals surface area (Å²) in [5.74, 6) is 0. The van der Waals surface area contributed by atoms with Crippen molar-refractivity contribution in [3.05, 3.63) is 47.5 Å². The highest BCUT2D eigenvalue weighted by molar-refractivity contribution is 5.83. The lowest BCUT2D eigenvalue weighted by Gasteiger charge is -2.26. The molecular formula is C18H24N2. The van der Waals surface area contributed by atoms with E-state index in [0.29, 0.717) is 6.04 Å². The Morgan fingerprint density at radius 1 is 1.15 bits per heavy atom. The molecular weight excluding hydrogens is 244 g/mol. The average molecular weight is 268 g/mol. The largest absolute Gasteiger partial charge is 0.324 e. The Morgan fingerprint density at radius 3 is 2.75 bits per heavy atom. The second-order valence-electron chi connectivity index (χ2n) is 6.10. The first-order valence-corrected chi connectivity index (χ1v) is 7.72. The summed E-state index contributed by atoms with van der Waals surface area (Å²) in [4.78, 5) is 0.